The molecule has 2 atom stereocenters. The van der Waals surface area contributed by atoms with Crippen LogP contribution in [0.3, 0.4) is 0 Å². The van der Waals surface area contributed by atoms with E-state index in [1.54, 1.807) is 10.9 Å². The molecule has 1 aromatic carbocycles. The largest absolute Gasteiger partial charge is 0.369 e. The van der Waals surface area contributed by atoms with E-state index in [4.69, 9.17) is 47.2 Å². The van der Waals surface area contributed by atoms with Crippen molar-refractivity contribution in [3.05, 3.63) is 45.8 Å². The van der Waals surface area contributed by atoms with Crippen molar-refractivity contribution in [1.29, 1.82) is 0 Å². The molecule has 2 aromatic heterocycles. The molecule has 0 amide bonds. The monoisotopic (exact) mass is 525 g/mol. The smallest absolute Gasteiger partial charge is 0.226 e. The van der Waals surface area contributed by atoms with Crippen LogP contribution in [0.4, 0.5) is 5.82 Å². The zero-order chi connectivity index (χ0) is 23.4. The molecule has 3 aromatic rings. The van der Waals surface area contributed by atoms with Gasteiger partial charge in [0.1, 0.15) is 17.8 Å². The summed E-state index contributed by atoms with van der Waals surface area (Å²) in [6.07, 6.45) is 2.69. The van der Waals surface area contributed by atoms with E-state index in [0.717, 1.165) is 29.6 Å². The highest BCUT2D eigenvalue weighted by Gasteiger charge is 2.51. The minimum atomic E-state index is -2.07. The van der Waals surface area contributed by atoms with Crippen LogP contribution in [0, 0.1) is 0 Å². The van der Waals surface area contributed by atoms with Crippen LogP contribution in [0.25, 0.3) is 11.0 Å². The molecular formula is C21H22Cl2N5O5P. The van der Waals surface area contributed by atoms with Gasteiger partial charge in [-0.15, -0.1) is 0 Å². The van der Waals surface area contributed by atoms with Crippen molar-refractivity contribution in [2.45, 2.75) is 37.4 Å². The summed E-state index contributed by atoms with van der Waals surface area (Å²) in [5.41, 5.74) is 2.53. The van der Waals surface area contributed by atoms with Crippen molar-refractivity contribution < 1.29 is 24.0 Å². The Kier molecular flexibility index (Phi) is 5.90. The third-order valence-corrected chi connectivity index (χ3v) is 7.35. The highest BCUT2D eigenvalue weighted by atomic mass is 35.5. The third kappa shape index (κ3) is 3.96. The summed E-state index contributed by atoms with van der Waals surface area (Å²) in [6.45, 7) is 2.13. The molecule has 180 valence electrons. The molecule has 1 unspecified atom stereocenters. The van der Waals surface area contributed by atoms with Gasteiger partial charge in [0.05, 0.1) is 44.0 Å². The van der Waals surface area contributed by atoms with E-state index < -0.39 is 8.38 Å². The van der Waals surface area contributed by atoms with Crippen molar-refractivity contribution >= 4 is 48.4 Å². The Labute approximate surface area is 206 Å². The third-order valence-electron chi connectivity index (χ3n) is 6.53. The molecule has 3 aliphatic heterocycles. The van der Waals surface area contributed by atoms with Crippen LogP contribution >= 0.6 is 31.6 Å². The quantitative estimate of drug-likeness (QED) is 0.369. The number of benzene rings is 1. The Morgan fingerprint density at radius 2 is 2.06 bits per heavy atom. The number of halogens is 2. The minimum Gasteiger partial charge on any atom is -0.369 e. The van der Waals surface area contributed by atoms with Gasteiger partial charge in [-0.05, 0) is 47.7 Å². The summed E-state index contributed by atoms with van der Waals surface area (Å²) in [6, 6.07) is 5.91. The number of fused-ring (bicyclic) bond motifs is 3. The molecule has 2 saturated heterocycles. The van der Waals surface area contributed by atoms with Gasteiger partial charge >= 0.3 is 0 Å². The fourth-order valence-electron chi connectivity index (χ4n) is 4.99. The summed E-state index contributed by atoms with van der Waals surface area (Å²) in [4.78, 5) is 29.0. The molecule has 3 aliphatic rings. The van der Waals surface area contributed by atoms with Crippen molar-refractivity contribution in [1.82, 2.24) is 19.7 Å². The predicted molar refractivity (Wildman–Crippen MR) is 126 cm³/mol. The zero-order valence-electron chi connectivity index (χ0n) is 18.0. The average Bonchev–Trinajstić information content (AvgIpc) is 3.48. The molecule has 0 saturated carbocycles. The van der Waals surface area contributed by atoms with E-state index >= 15 is 0 Å². The van der Waals surface area contributed by atoms with Crippen molar-refractivity contribution in [2.75, 3.05) is 30.9 Å². The summed E-state index contributed by atoms with van der Waals surface area (Å²) >= 11 is 12.5. The SMILES string of the molecule is OP(O)COC[C@@H]1CCC(n2ncc3c(N4CC5(C4)OCc4cc(Cl)ccc45)nc(Cl)nc32)O1. The van der Waals surface area contributed by atoms with Crippen LogP contribution in [0.15, 0.2) is 24.4 Å². The van der Waals surface area contributed by atoms with Gasteiger partial charge in [0.25, 0.3) is 0 Å². The molecule has 0 aliphatic carbocycles. The first-order chi connectivity index (χ1) is 16.4. The maximum Gasteiger partial charge on any atom is 0.226 e. The minimum absolute atomic E-state index is 0.0880. The van der Waals surface area contributed by atoms with E-state index in [1.807, 2.05) is 18.2 Å². The maximum absolute atomic E-state index is 8.99. The fourth-order valence-corrected chi connectivity index (χ4v) is 5.62. The van der Waals surface area contributed by atoms with Crippen LogP contribution < -0.4 is 4.90 Å². The number of aromatic nitrogens is 4. The van der Waals surface area contributed by atoms with Gasteiger partial charge in [-0.2, -0.15) is 15.1 Å². The second-order valence-corrected chi connectivity index (χ2v) is 10.5. The zero-order valence-corrected chi connectivity index (χ0v) is 20.4. The molecular weight excluding hydrogens is 504 g/mol. The molecule has 10 nitrogen and oxygen atoms in total. The van der Waals surface area contributed by atoms with E-state index in [1.165, 1.54) is 5.56 Å². The molecule has 5 heterocycles. The number of hydrogen-bond donors (Lipinski definition) is 2. The van der Waals surface area contributed by atoms with E-state index in [2.05, 4.69) is 20.0 Å². The average molecular weight is 526 g/mol. The van der Waals surface area contributed by atoms with E-state index in [9.17, 15) is 0 Å². The van der Waals surface area contributed by atoms with Crippen LogP contribution in [0.5, 0.6) is 0 Å². The number of ether oxygens (including phenoxy) is 3. The van der Waals surface area contributed by atoms with Crippen LogP contribution in [-0.2, 0) is 26.4 Å². The highest BCUT2D eigenvalue weighted by Crippen LogP contribution is 2.46. The Hall–Kier alpha value is -1.62. The Balaban J connectivity index is 1.21. The van der Waals surface area contributed by atoms with E-state index in [0.29, 0.717) is 37.0 Å². The van der Waals surface area contributed by atoms with Crippen LogP contribution in [0.1, 0.15) is 30.2 Å². The summed E-state index contributed by atoms with van der Waals surface area (Å²) in [5, 5.41) is 6.18. The molecule has 13 heteroatoms. The Morgan fingerprint density at radius 1 is 1.21 bits per heavy atom. The lowest BCUT2D eigenvalue weighted by Gasteiger charge is -2.48. The molecule has 0 radical (unpaired) electrons. The Bertz CT molecular complexity index is 1240. The first-order valence-electron chi connectivity index (χ1n) is 10.9. The molecule has 34 heavy (non-hydrogen) atoms. The standard InChI is InChI=1S/C21H22Cl2N5O5P/c22-13-1-3-16-12(5-13)7-32-21(16)9-27(10-21)18-15-6-24-28(19(15)26-20(23)25-18)17-4-2-14(33-17)8-31-11-34(29)30/h1,3,5-6,14,17,29-30H,2,4,7-11H2/t14-,17?/m0/s1. The molecule has 2 fully saturated rings. The van der Waals surface area contributed by atoms with Gasteiger partial charge in [-0.3, -0.25) is 0 Å². The number of nitrogens with zero attached hydrogens (tertiary/aromatic N) is 5. The normalized spacial score (nSPS) is 23.3. The topological polar surface area (TPSA) is 115 Å². The van der Waals surface area contributed by atoms with Gasteiger partial charge < -0.3 is 28.9 Å². The van der Waals surface area contributed by atoms with Gasteiger partial charge in [-0.1, -0.05) is 17.7 Å². The van der Waals surface area contributed by atoms with Gasteiger partial charge in [0.2, 0.25) is 5.28 Å². The maximum atomic E-state index is 8.99. The lowest BCUT2D eigenvalue weighted by molar-refractivity contribution is -0.0585. The van der Waals surface area contributed by atoms with Gasteiger partial charge in [0.15, 0.2) is 20.3 Å². The predicted octanol–water partition coefficient (Wildman–Crippen LogP) is 3.33. The van der Waals surface area contributed by atoms with Crippen molar-refractivity contribution in [3.8, 4) is 0 Å². The second kappa shape index (κ2) is 8.80. The van der Waals surface area contributed by atoms with E-state index in [-0.39, 0.29) is 29.6 Å². The number of rotatable bonds is 6. The van der Waals surface area contributed by atoms with Gasteiger partial charge in [-0.25, -0.2) is 4.68 Å². The Morgan fingerprint density at radius 3 is 2.88 bits per heavy atom. The molecule has 1 spiro atoms. The lowest BCUT2D eigenvalue weighted by atomic mass is 9.85. The fraction of sp³-hybridized carbons (Fsp3) is 0.476. The summed E-state index contributed by atoms with van der Waals surface area (Å²) in [5.74, 6) is 0.718. The summed E-state index contributed by atoms with van der Waals surface area (Å²) in [7, 11) is -2.07. The van der Waals surface area contributed by atoms with Crippen LogP contribution in [-0.4, -0.2) is 61.7 Å². The van der Waals surface area contributed by atoms with Crippen LogP contribution in [0.2, 0.25) is 10.3 Å². The van der Waals surface area contributed by atoms with Gasteiger partial charge in [0, 0.05) is 5.02 Å². The van der Waals surface area contributed by atoms with Crippen molar-refractivity contribution in [3.63, 3.8) is 0 Å². The number of anilines is 1. The second-order valence-electron chi connectivity index (χ2n) is 8.75. The highest BCUT2D eigenvalue weighted by molar-refractivity contribution is 7.44. The summed E-state index contributed by atoms with van der Waals surface area (Å²) < 4.78 is 19.3. The van der Waals surface area contributed by atoms with Crippen molar-refractivity contribution in [2.24, 2.45) is 0 Å². The molecule has 0 bridgehead atoms. The molecule has 6 rings (SSSR count). The first kappa shape index (κ1) is 22.8. The lowest BCUT2D eigenvalue weighted by Crippen LogP contribution is -2.59. The molecule has 2 N–H and O–H groups in total. The first-order valence-corrected chi connectivity index (χ1v) is 13.1. The number of hydrogen-bond acceptors (Lipinski definition) is 9.